The van der Waals surface area contributed by atoms with E-state index in [1.807, 2.05) is 19.9 Å². The van der Waals surface area contributed by atoms with Crippen LogP contribution in [0.5, 0.6) is 0 Å². The van der Waals surface area contributed by atoms with Crippen LogP contribution in [0.3, 0.4) is 0 Å². The van der Waals surface area contributed by atoms with Crippen molar-refractivity contribution in [3.63, 3.8) is 0 Å². The van der Waals surface area contributed by atoms with Gasteiger partial charge in [0.15, 0.2) is 0 Å². The molecule has 1 heterocycles. The molecule has 0 bridgehead atoms. The number of allylic oxidation sites excluding steroid dienone is 2. The SMILES string of the molecule is C=CC(CC=C(C)C)NC1/C(=C/C=NC)C(=C)OC1C(=O)OCC. The zero-order valence-electron chi connectivity index (χ0n) is 15.0. The molecule has 0 aromatic rings. The Labute approximate surface area is 144 Å². The molecule has 1 rings (SSSR count). The molecule has 0 amide bonds. The van der Waals surface area contributed by atoms with Crippen LogP contribution < -0.4 is 5.32 Å². The second-order valence-corrected chi connectivity index (χ2v) is 5.75. The molecule has 0 radical (unpaired) electrons. The number of ether oxygens (including phenoxy) is 2. The molecule has 1 aliphatic rings. The molecule has 0 saturated carbocycles. The van der Waals surface area contributed by atoms with Gasteiger partial charge in [-0.15, -0.1) is 6.58 Å². The van der Waals surface area contributed by atoms with Crippen molar-refractivity contribution in [3.05, 3.63) is 48.3 Å². The summed E-state index contributed by atoms with van der Waals surface area (Å²) < 4.78 is 10.8. The third-order valence-electron chi connectivity index (χ3n) is 3.61. The van der Waals surface area contributed by atoms with Crippen molar-refractivity contribution >= 4 is 12.2 Å². The molecular weight excluding hydrogens is 304 g/mol. The maximum atomic E-state index is 12.2. The summed E-state index contributed by atoms with van der Waals surface area (Å²) in [5, 5.41) is 3.42. The van der Waals surface area contributed by atoms with E-state index < -0.39 is 12.1 Å². The van der Waals surface area contributed by atoms with Crippen LogP contribution in [0.2, 0.25) is 0 Å². The van der Waals surface area contributed by atoms with Gasteiger partial charge in [-0.3, -0.25) is 10.3 Å². The summed E-state index contributed by atoms with van der Waals surface area (Å²) in [6.07, 6.45) is 7.43. The zero-order valence-corrected chi connectivity index (χ0v) is 15.0. The summed E-state index contributed by atoms with van der Waals surface area (Å²) in [6, 6.07) is -0.360. The van der Waals surface area contributed by atoms with Crippen LogP contribution in [0.4, 0.5) is 0 Å². The average Bonchev–Trinajstić information content (AvgIpc) is 2.85. The molecule has 0 aromatic heterocycles. The number of hydrogen-bond acceptors (Lipinski definition) is 5. The maximum Gasteiger partial charge on any atom is 0.349 e. The predicted octanol–water partition coefficient (Wildman–Crippen LogP) is 2.96. The average molecular weight is 332 g/mol. The topological polar surface area (TPSA) is 59.9 Å². The lowest BCUT2D eigenvalue weighted by Crippen LogP contribution is -2.46. The fraction of sp³-hybridized carbons (Fsp3) is 0.474. The summed E-state index contributed by atoms with van der Waals surface area (Å²) in [7, 11) is 1.68. The number of esters is 1. The van der Waals surface area contributed by atoms with Gasteiger partial charge in [0.1, 0.15) is 5.76 Å². The highest BCUT2D eigenvalue weighted by atomic mass is 16.6. The smallest absolute Gasteiger partial charge is 0.349 e. The number of carbonyl (C=O) groups is 1. The van der Waals surface area contributed by atoms with E-state index in [-0.39, 0.29) is 12.1 Å². The van der Waals surface area contributed by atoms with Crippen molar-refractivity contribution in [2.24, 2.45) is 4.99 Å². The second kappa shape index (κ2) is 9.88. The number of nitrogens with zero attached hydrogens (tertiary/aromatic N) is 1. The van der Waals surface area contributed by atoms with Gasteiger partial charge >= 0.3 is 5.97 Å². The number of rotatable bonds is 8. The Balaban J connectivity index is 3.05. The lowest BCUT2D eigenvalue weighted by molar-refractivity contribution is -0.153. The number of carbonyl (C=O) groups excluding carboxylic acids is 1. The quantitative estimate of drug-likeness (QED) is 0.422. The van der Waals surface area contributed by atoms with Crippen molar-refractivity contribution in [1.29, 1.82) is 0 Å². The van der Waals surface area contributed by atoms with Crippen molar-refractivity contribution in [3.8, 4) is 0 Å². The van der Waals surface area contributed by atoms with Crippen LogP contribution in [-0.2, 0) is 14.3 Å². The minimum atomic E-state index is -0.761. The third-order valence-corrected chi connectivity index (χ3v) is 3.61. The van der Waals surface area contributed by atoms with E-state index in [0.717, 1.165) is 12.0 Å². The van der Waals surface area contributed by atoms with Gasteiger partial charge in [0.2, 0.25) is 6.10 Å². The van der Waals surface area contributed by atoms with Crippen LogP contribution >= 0.6 is 0 Å². The van der Waals surface area contributed by atoms with Crippen LogP contribution in [0, 0.1) is 0 Å². The summed E-state index contributed by atoms with van der Waals surface area (Å²) in [5.74, 6) is 0.0495. The lowest BCUT2D eigenvalue weighted by Gasteiger charge is -2.23. The predicted molar refractivity (Wildman–Crippen MR) is 98.1 cm³/mol. The highest BCUT2D eigenvalue weighted by molar-refractivity contribution is 5.80. The van der Waals surface area contributed by atoms with Gasteiger partial charge < -0.3 is 9.47 Å². The fourth-order valence-electron chi connectivity index (χ4n) is 2.39. The van der Waals surface area contributed by atoms with Gasteiger partial charge in [-0.05, 0) is 33.3 Å². The Hall–Kier alpha value is -2.14. The molecule has 5 nitrogen and oxygen atoms in total. The summed E-state index contributed by atoms with van der Waals surface area (Å²) in [4.78, 5) is 16.2. The van der Waals surface area contributed by atoms with Gasteiger partial charge in [-0.25, -0.2) is 4.79 Å². The molecule has 132 valence electrons. The Morgan fingerprint density at radius 3 is 2.75 bits per heavy atom. The fourth-order valence-corrected chi connectivity index (χ4v) is 2.39. The number of aliphatic imine (C=N–C) groups is 1. The first-order chi connectivity index (χ1) is 11.4. The molecule has 1 fully saturated rings. The summed E-state index contributed by atoms with van der Waals surface area (Å²) in [6.45, 7) is 13.9. The summed E-state index contributed by atoms with van der Waals surface area (Å²) in [5.41, 5.74) is 2.02. The first-order valence-electron chi connectivity index (χ1n) is 8.11. The van der Waals surface area contributed by atoms with Crippen molar-refractivity contribution in [1.82, 2.24) is 5.32 Å². The van der Waals surface area contributed by atoms with E-state index in [1.54, 1.807) is 26.3 Å². The van der Waals surface area contributed by atoms with E-state index in [1.165, 1.54) is 5.57 Å². The first-order valence-corrected chi connectivity index (χ1v) is 8.11. The van der Waals surface area contributed by atoms with E-state index in [9.17, 15) is 4.79 Å². The molecule has 1 saturated heterocycles. The zero-order chi connectivity index (χ0) is 18.1. The highest BCUT2D eigenvalue weighted by Crippen LogP contribution is 2.30. The molecule has 3 atom stereocenters. The molecule has 3 unspecified atom stereocenters. The third kappa shape index (κ3) is 5.49. The van der Waals surface area contributed by atoms with E-state index in [4.69, 9.17) is 9.47 Å². The monoisotopic (exact) mass is 332 g/mol. The highest BCUT2D eigenvalue weighted by Gasteiger charge is 2.42. The summed E-state index contributed by atoms with van der Waals surface area (Å²) >= 11 is 0. The normalized spacial score (nSPS) is 23.2. The second-order valence-electron chi connectivity index (χ2n) is 5.75. The molecule has 0 aromatic carbocycles. The first kappa shape index (κ1) is 19.9. The van der Waals surface area contributed by atoms with Gasteiger partial charge in [0.25, 0.3) is 0 Å². The largest absolute Gasteiger partial charge is 0.477 e. The van der Waals surface area contributed by atoms with Crippen molar-refractivity contribution in [2.45, 2.75) is 45.4 Å². The van der Waals surface area contributed by atoms with Gasteiger partial charge in [0, 0.05) is 24.9 Å². The molecule has 5 heteroatoms. The van der Waals surface area contributed by atoms with Crippen LogP contribution in [0.25, 0.3) is 0 Å². The van der Waals surface area contributed by atoms with E-state index in [2.05, 4.69) is 29.5 Å². The van der Waals surface area contributed by atoms with E-state index >= 15 is 0 Å². The Bertz CT molecular complexity index is 557. The number of hydrogen-bond donors (Lipinski definition) is 1. The lowest BCUT2D eigenvalue weighted by atomic mass is 10.0. The van der Waals surface area contributed by atoms with Crippen molar-refractivity contribution in [2.75, 3.05) is 13.7 Å². The maximum absolute atomic E-state index is 12.2. The van der Waals surface area contributed by atoms with Crippen LogP contribution in [0.15, 0.2) is 53.3 Å². The van der Waals surface area contributed by atoms with Gasteiger partial charge in [-0.2, -0.15) is 0 Å². The molecule has 1 N–H and O–H groups in total. The molecule has 0 aliphatic carbocycles. The van der Waals surface area contributed by atoms with Crippen LogP contribution in [0.1, 0.15) is 27.2 Å². The van der Waals surface area contributed by atoms with Crippen LogP contribution in [-0.4, -0.2) is 44.0 Å². The molecular formula is C19H28N2O3. The molecule has 24 heavy (non-hydrogen) atoms. The van der Waals surface area contributed by atoms with E-state index in [0.29, 0.717) is 12.4 Å². The molecule has 1 aliphatic heterocycles. The van der Waals surface area contributed by atoms with Gasteiger partial charge in [0.05, 0.1) is 12.6 Å². The molecule has 0 spiro atoms. The standard InChI is InChI=1S/C19H28N2O3/c1-7-15(10-9-13(3)4)21-17-16(11-12-20-6)14(5)24-18(17)19(22)23-8-2/h7,9,11-12,15,17-18,21H,1,5,8,10H2,2-4,6H3/b16-11+,20-12?. The Kier molecular flexibility index (Phi) is 8.19. The minimum absolute atomic E-state index is 0.00158. The Morgan fingerprint density at radius 2 is 2.21 bits per heavy atom. The van der Waals surface area contributed by atoms with Gasteiger partial charge in [-0.1, -0.05) is 24.3 Å². The van der Waals surface area contributed by atoms with Crippen molar-refractivity contribution < 1.29 is 14.3 Å². The minimum Gasteiger partial charge on any atom is -0.477 e. The Morgan fingerprint density at radius 1 is 1.50 bits per heavy atom. The number of nitrogens with one attached hydrogen (secondary N) is 1.